The third kappa shape index (κ3) is 13.1. The lowest BCUT2D eigenvalue weighted by molar-refractivity contribution is -0.318. The quantitative estimate of drug-likeness (QED) is 0.140. The molecule has 3 heterocycles. The third-order valence-electron chi connectivity index (χ3n) is 12.5. The molecular weight excluding hydrogens is 792 g/mol. The molecule has 0 saturated carbocycles. The molecule has 350 valence electrons. The van der Waals surface area contributed by atoms with Gasteiger partial charge in [0.15, 0.2) is 12.6 Å². The van der Waals surface area contributed by atoms with E-state index in [1.807, 2.05) is 25.9 Å². The fourth-order valence-corrected chi connectivity index (χ4v) is 8.69. The van der Waals surface area contributed by atoms with Crippen molar-refractivity contribution in [3.63, 3.8) is 0 Å². The highest BCUT2D eigenvalue weighted by Crippen LogP contribution is 2.40. The maximum absolute atomic E-state index is 14.1. The van der Waals surface area contributed by atoms with Crippen LogP contribution in [0.4, 0.5) is 0 Å². The highest BCUT2D eigenvalue weighted by atomic mass is 16.7. The number of aliphatic hydroxyl groups excluding tert-OH is 3. The molecule has 3 saturated heterocycles. The van der Waals surface area contributed by atoms with E-state index in [-0.39, 0.29) is 31.4 Å². The van der Waals surface area contributed by atoms with Gasteiger partial charge in [0.2, 0.25) is 0 Å². The summed E-state index contributed by atoms with van der Waals surface area (Å²) >= 11 is 0. The summed E-state index contributed by atoms with van der Waals surface area (Å²) in [6.45, 7) is 16.3. The summed E-state index contributed by atoms with van der Waals surface area (Å²) in [5.74, 6) is -7.47. The van der Waals surface area contributed by atoms with E-state index < -0.39 is 132 Å². The lowest BCUT2D eigenvalue weighted by atomic mass is 9.74. The molecule has 0 radical (unpaired) electrons. The van der Waals surface area contributed by atoms with Crippen LogP contribution in [-0.4, -0.2) is 176 Å². The number of carbonyl (C=O) groups is 4. The van der Waals surface area contributed by atoms with Crippen molar-refractivity contribution in [2.24, 2.45) is 29.4 Å². The highest BCUT2D eigenvalue weighted by molar-refractivity contribution is 5.83. The Hall–Kier alpha value is -2.40. The molecule has 3 rings (SSSR count). The van der Waals surface area contributed by atoms with E-state index in [0.29, 0.717) is 6.42 Å². The van der Waals surface area contributed by atoms with E-state index in [1.54, 1.807) is 41.5 Å². The molecule has 3 aliphatic heterocycles. The van der Waals surface area contributed by atoms with Crippen molar-refractivity contribution in [3.05, 3.63) is 0 Å². The maximum Gasteiger partial charge on any atom is 0.321 e. The lowest BCUT2D eigenvalue weighted by Gasteiger charge is -2.49. The van der Waals surface area contributed by atoms with Crippen LogP contribution in [0.2, 0.25) is 0 Å². The van der Waals surface area contributed by atoms with Crippen molar-refractivity contribution in [2.75, 3.05) is 21.2 Å². The van der Waals surface area contributed by atoms with Crippen molar-refractivity contribution < 1.29 is 83.3 Å². The molecule has 19 nitrogen and oxygen atoms in total. The first-order valence-corrected chi connectivity index (χ1v) is 20.7. The molecule has 19 heteroatoms. The Morgan fingerprint density at radius 2 is 1.50 bits per heavy atom. The molecule has 0 bridgehead atoms. The number of Topliss-reactive ketones (excluding diaryl/α,β-unsaturated/α-hetero) is 1. The Labute approximate surface area is 353 Å². The number of ketones is 1. The Morgan fingerprint density at radius 1 is 0.917 bits per heavy atom. The molecule has 0 aliphatic carbocycles. The molecule has 60 heavy (non-hydrogen) atoms. The molecule has 0 aromatic carbocycles. The van der Waals surface area contributed by atoms with E-state index in [1.165, 1.54) is 27.9 Å². The topological polar surface area (TPSA) is 295 Å². The average molecular weight is 867 g/mol. The number of cyclic esters (lactones) is 1. The second kappa shape index (κ2) is 21.8. The molecule has 1 unspecified atom stereocenters. The van der Waals surface area contributed by atoms with Gasteiger partial charge in [-0.2, -0.15) is 0 Å². The zero-order chi connectivity index (χ0) is 46.4. The number of hydrogen-bond donors (Lipinski definition) is 8. The maximum atomic E-state index is 14.1. The lowest BCUT2D eigenvalue weighted by Crippen LogP contribution is -2.61. The van der Waals surface area contributed by atoms with Crippen LogP contribution in [0.1, 0.15) is 101 Å². The number of carboxylic acids is 2. The number of aliphatic carboxylic acids is 2. The van der Waals surface area contributed by atoms with Gasteiger partial charge >= 0.3 is 17.9 Å². The Kier molecular flexibility index (Phi) is 19.5. The molecule has 0 aromatic heterocycles. The smallest absolute Gasteiger partial charge is 0.321 e. The minimum atomic E-state index is -1.99. The molecule has 0 amide bonds. The van der Waals surface area contributed by atoms with Crippen LogP contribution >= 0.6 is 0 Å². The SMILES string of the molecule is CC[C@H]1OC(=O)[C@H](C)[C@@H](O[C@H]2C[C@@](C)(OC)[C@@H](O)[C@H](C)O2)[C@H](C)C(O[C@@H]2O[C@H](C)C[C@H](N(C)C)[C@H]2O)[C@](C)(O)C[C@@H](C)C(=O)[C@H](C)[C@@H](O)[C@]1(C)O.N[C@@H](CC(=O)O)C(=O)O. The number of methoxy groups -OCH3 is 1. The molecule has 3 aliphatic rings. The van der Waals surface area contributed by atoms with Gasteiger partial charge in [-0.25, -0.2) is 0 Å². The number of hydrogen-bond acceptors (Lipinski definition) is 17. The standard InChI is InChI=1S/C37H67NO13.C4H7NO4/c1-14-25-37(10,45)30(41)20(4)27(39)18(2)16-35(8,44)32(51-34-28(40)24(38(11)12)15-19(3)47-34)21(5)29(22(6)33(43)49-25)50-26-17-36(9,46-13)31(42)23(7)48-26;5-2(4(8)9)1-3(6)7/h18-26,28-32,34,40-42,44-45H,14-17H2,1-13H3;2H,1,5H2,(H,6,7)(H,8,9)/t18-,19-,20+,21+,22-,23+,24+,25-,26+,28-,29+,30-,31+,32?,34+,35-,36-,37-;2-/m10/s1. The van der Waals surface area contributed by atoms with E-state index in [4.69, 9.17) is 44.4 Å². The van der Waals surface area contributed by atoms with Gasteiger partial charge in [-0.05, 0) is 74.9 Å². The van der Waals surface area contributed by atoms with E-state index >= 15 is 0 Å². The monoisotopic (exact) mass is 866 g/mol. The van der Waals surface area contributed by atoms with Crippen LogP contribution in [0.25, 0.3) is 0 Å². The predicted octanol–water partition coefficient (Wildman–Crippen LogP) is 0.659. The van der Waals surface area contributed by atoms with Crippen molar-refractivity contribution in [1.82, 2.24) is 4.90 Å². The van der Waals surface area contributed by atoms with E-state index in [0.717, 1.165) is 0 Å². The summed E-state index contributed by atoms with van der Waals surface area (Å²) in [4.78, 5) is 49.4. The third-order valence-corrected chi connectivity index (χ3v) is 12.5. The van der Waals surface area contributed by atoms with Crippen molar-refractivity contribution in [3.8, 4) is 0 Å². The summed E-state index contributed by atoms with van der Waals surface area (Å²) in [5.41, 5.74) is -0.00202. The Bertz CT molecular complexity index is 1430. The van der Waals surface area contributed by atoms with Crippen LogP contribution in [0, 0.1) is 23.7 Å². The first-order chi connectivity index (χ1) is 27.5. The molecule has 0 aromatic rings. The number of nitrogens with zero attached hydrogens (tertiary/aromatic N) is 1. The van der Waals surface area contributed by atoms with Crippen LogP contribution in [0.3, 0.4) is 0 Å². The van der Waals surface area contributed by atoms with Gasteiger partial charge < -0.3 is 74.8 Å². The molecular formula is C41H74N2O17. The van der Waals surface area contributed by atoms with Crippen molar-refractivity contribution in [1.29, 1.82) is 0 Å². The molecule has 9 N–H and O–H groups in total. The van der Waals surface area contributed by atoms with Gasteiger partial charge in [0.1, 0.15) is 35.7 Å². The average Bonchev–Trinajstić information content (AvgIpc) is 3.15. The van der Waals surface area contributed by atoms with Gasteiger partial charge in [0.25, 0.3) is 0 Å². The minimum absolute atomic E-state index is 0.0936. The number of nitrogens with two attached hydrogens (primary N) is 1. The summed E-state index contributed by atoms with van der Waals surface area (Å²) < 4.78 is 37.1. The number of rotatable bonds is 10. The minimum Gasteiger partial charge on any atom is -0.481 e. The van der Waals surface area contributed by atoms with Crippen molar-refractivity contribution in [2.45, 2.75) is 192 Å². The zero-order valence-corrected chi connectivity index (χ0v) is 37.5. The summed E-state index contributed by atoms with van der Waals surface area (Å²) in [6.07, 6.45) is -10.2. The fourth-order valence-electron chi connectivity index (χ4n) is 8.69. The summed E-state index contributed by atoms with van der Waals surface area (Å²) in [5, 5.41) is 73.6. The van der Waals surface area contributed by atoms with Gasteiger partial charge in [-0.1, -0.05) is 27.7 Å². The molecule has 19 atom stereocenters. The van der Waals surface area contributed by atoms with E-state index in [9.17, 15) is 44.7 Å². The molecule has 3 fully saturated rings. The second-order valence-electron chi connectivity index (χ2n) is 18.0. The largest absolute Gasteiger partial charge is 0.481 e. The van der Waals surface area contributed by atoms with Crippen LogP contribution in [0.15, 0.2) is 0 Å². The highest BCUT2D eigenvalue weighted by Gasteiger charge is 2.53. The Balaban J connectivity index is 0.00000123. The van der Waals surface area contributed by atoms with Gasteiger partial charge in [0.05, 0.1) is 54.1 Å². The number of aliphatic hydroxyl groups is 5. The zero-order valence-electron chi connectivity index (χ0n) is 37.5. The van der Waals surface area contributed by atoms with Crippen LogP contribution in [-0.2, 0) is 47.6 Å². The first kappa shape index (κ1) is 53.7. The van der Waals surface area contributed by atoms with Crippen LogP contribution in [0.5, 0.6) is 0 Å². The predicted molar refractivity (Wildman–Crippen MR) is 214 cm³/mol. The van der Waals surface area contributed by atoms with Gasteiger partial charge in [-0.15, -0.1) is 0 Å². The van der Waals surface area contributed by atoms with Crippen molar-refractivity contribution >= 4 is 23.7 Å². The van der Waals surface area contributed by atoms with E-state index in [2.05, 4.69) is 0 Å². The first-order valence-electron chi connectivity index (χ1n) is 20.7. The summed E-state index contributed by atoms with van der Waals surface area (Å²) in [7, 11) is 5.18. The number of carboxylic acid groups (broad SMARTS) is 2. The summed E-state index contributed by atoms with van der Waals surface area (Å²) in [6, 6.07) is -1.61. The van der Waals surface area contributed by atoms with Gasteiger partial charge in [-0.3, -0.25) is 19.2 Å². The number of ether oxygens (including phenoxy) is 6. The second-order valence-corrected chi connectivity index (χ2v) is 18.0. The number of likely N-dealkylation sites (N-methyl/N-ethyl adjacent to an activating group) is 1. The van der Waals surface area contributed by atoms with Gasteiger partial charge in [0, 0.05) is 37.3 Å². The fraction of sp³-hybridized carbons (Fsp3) is 0.902. The number of carbonyl (C=O) groups excluding carboxylic acids is 2. The molecule has 0 spiro atoms. The number of esters is 1. The van der Waals surface area contributed by atoms with Crippen LogP contribution < -0.4 is 5.73 Å². The Morgan fingerprint density at radius 3 is 1.98 bits per heavy atom. The normalized spacial score (nSPS) is 44.2.